The van der Waals surface area contributed by atoms with Crippen molar-refractivity contribution in [3.05, 3.63) is 53.6 Å². The second kappa shape index (κ2) is 7.83. The molecule has 204 valence electrons. The molecule has 1 aromatic rings. The first-order valence-corrected chi connectivity index (χ1v) is 13.4. The van der Waals surface area contributed by atoms with E-state index in [9.17, 15) is 19.8 Å². The molecule has 0 bridgehead atoms. The van der Waals surface area contributed by atoms with Gasteiger partial charge in [0.05, 0.1) is 18.3 Å². The maximum absolute atomic E-state index is 17.6. The summed E-state index contributed by atoms with van der Waals surface area (Å²) in [4.78, 5) is 32.4. The number of carbonyl (C=O) groups excluding carboxylic acids is 2. The van der Waals surface area contributed by atoms with Crippen LogP contribution in [0.3, 0.4) is 0 Å². The number of aliphatic hydroxyl groups excluding tert-OH is 2. The molecule has 38 heavy (non-hydrogen) atoms. The van der Waals surface area contributed by atoms with Crippen LogP contribution in [0.15, 0.2) is 48.1 Å². The third-order valence-electron chi connectivity index (χ3n) is 11.2. The molecule has 5 aliphatic rings. The van der Waals surface area contributed by atoms with Crippen LogP contribution in [-0.2, 0) is 14.4 Å². The van der Waals surface area contributed by atoms with Crippen LogP contribution in [0.4, 0.5) is 14.5 Å². The van der Waals surface area contributed by atoms with Crippen LogP contribution in [-0.4, -0.2) is 58.5 Å². The van der Waals surface area contributed by atoms with Gasteiger partial charge in [-0.15, -0.1) is 0 Å². The van der Waals surface area contributed by atoms with E-state index in [1.807, 2.05) is 45.0 Å². The number of rotatable bonds is 3. The Morgan fingerprint density at radius 3 is 2.66 bits per heavy atom. The number of fused-ring (bicyclic) bond motifs is 7. The lowest BCUT2D eigenvalue weighted by atomic mass is 9.39. The molecule has 2 N–H and O–H groups in total. The Kier molecular flexibility index (Phi) is 5.32. The quantitative estimate of drug-likeness (QED) is 0.619. The number of alkyl halides is 2. The number of aliphatic hydroxyl groups is 2. The molecule has 1 aromatic carbocycles. The van der Waals surface area contributed by atoms with Crippen LogP contribution in [0, 0.1) is 35.0 Å². The van der Waals surface area contributed by atoms with Gasteiger partial charge in [-0.2, -0.15) is 0 Å². The van der Waals surface area contributed by atoms with Crippen LogP contribution in [0.2, 0.25) is 0 Å². The van der Waals surface area contributed by atoms with Crippen molar-refractivity contribution in [2.24, 2.45) is 28.1 Å². The van der Waals surface area contributed by atoms with Crippen molar-refractivity contribution >= 4 is 17.3 Å². The molecule has 6 rings (SSSR count). The Bertz CT molecular complexity index is 1300. The molecule has 9 atom stereocenters. The molecule has 0 aromatic heterocycles. The first-order chi connectivity index (χ1) is 17.8. The molecule has 6 nitrogen and oxygen atoms in total. The number of halogens is 2. The normalized spacial score (nSPS) is 47.2. The van der Waals surface area contributed by atoms with E-state index in [1.165, 1.54) is 18.2 Å². The minimum absolute atomic E-state index is 0.0659. The fraction of sp³-hybridized carbons (Fsp3) is 0.600. The van der Waals surface area contributed by atoms with Crippen LogP contribution >= 0.6 is 0 Å². The van der Waals surface area contributed by atoms with Gasteiger partial charge in [0.2, 0.25) is 0 Å². The predicted molar refractivity (Wildman–Crippen MR) is 137 cm³/mol. The monoisotopic (exact) mass is 527 g/mol. The summed E-state index contributed by atoms with van der Waals surface area (Å²) in [5, 5.41) is 23.5. The van der Waals surface area contributed by atoms with Gasteiger partial charge >= 0.3 is 0 Å². The number of Topliss-reactive ketones (excluding diaryl/α,β-unsaturated/α-hetero) is 1. The summed E-state index contributed by atoms with van der Waals surface area (Å²) in [6, 6.07) is 7.68. The minimum atomic E-state index is -2.26. The highest BCUT2D eigenvalue weighted by molar-refractivity contribution is 6.01. The largest absolute Gasteiger partial charge is 0.390 e. The zero-order valence-corrected chi connectivity index (χ0v) is 22.2. The summed E-state index contributed by atoms with van der Waals surface area (Å²) >= 11 is 0. The lowest BCUT2D eigenvalue weighted by molar-refractivity contribution is -0.256. The topological polar surface area (TPSA) is 87.1 Å². The highest BCUT2D eigenvalue weighted by atomic mass is 19.1. The number of benzene rings is 1. The van der Waals surface area contributed by atoms with Gasteiger partial charge < -0.3 is 10.2 Å². The first kappa shape index (κ1) is 25.8. The van der Waals surface area contributed by atoms with Gasteiger partial charge in [-0.25, -0.2) is 8.78 Å². The highest BCUT2D eigenvalue weighted by Crippen LogP contribution is 2.77. The average molecular weight is 528 g/mol. The van der Waals surface area contributed by atoms with Crippen molar-refractivity contribution in [1.82, 2.24) is 0 Å². The summed E-state index contributed by atoms with van der Waals surface area (Å²) in [7, 11) is 0. The maximum atomic E-state index is 17.6. The third kappa shape index (κ3) is 2.76. The number of hydroxylamine groups is 1. The van der Waals surface area contributed by atoms with E-state index in [0.29, 0.717) is 13.0 Å². The van der Waals surface area contributed by atoms with E-state index >= 15 is 8.78 Å². The molecule has 0 spiro atoms. The van der Waals surface area contributed by atoms with Crippen LogP contribution in [0.5, 0.6) is 0 Å². The summed E-state index contributed by atoms with van der Waals surface area (Å²) in [5.41, 5.74) is -5.47. The smallest absolute Gasteiger partial charge is 0.193 e. The molecular weight excluding hydrogens is 492 g/mol. The Morgan fingerprint density at radius 1 is 1.24 bits per heavy atom. The minimum Gasteiger partial charge on any atom is -0.390 e. The summed E-state index contributed by atoms with van der Waals surface area (Å²) in [5.74, 6) is -2.26. The predicted octanol–water partition coefficient (Wildman–Crippen LogP) is 3.98. The van der Waals surface area contributed by atoms with Crippen molar-refractivity contribution in [1.29, 1.82) is 0 Å². The molecule has 8 heteroatoms. The molecule has 0 amide bonds. The first-order valence-electron chi connectivity index (χ1n) is 13.4. The number of aryl methyl sites for hydroxylation is 1. The van der Waals surface area contributed by atoms with Crippen molar-refractivity contribution in [2.45, 2.75) is 70.5 Å². The highest BCUT2D eigenvalue weighted by Gasteiger charge is 2.83. The SMILES string of the molecule is Cc1cccc(N2C[C@@H]3C[C@@]4(C)[C@@H]5C[C@H](F)C6=CC(=O)C=C[C@]6(C)[C@@]5(F)[C@@H](O)C[C@]4(C)[C@]3(C(=O)CO)O2)c1. The van der Waals surface area contributed by atoms with Gasteiger partial charge in [0, 0.05) is 22.7 Å². The summed E-state index contributed by atoms with van der Waals surface area (Å²) < 4.78 is 33.5. The molecule has 0 unspecified atom stereocenters. The van der Waals surface area contributed by atoms with Gasteiger partial charge in [0.25, 0.3) is 0 Å². The number of hydrogen-bond acceptors (Lipinski definition) is 6. The zero-order valence-electron chi connectivity index (χ0n) is 22.2. The van der Waals surface area contributed by atoms with E-state index < -0.39 is 69.8 Å². The Balaban J connectivity index is 1.49. The van der Waals surface area contributed by atoms with E-state index in [-0.39, 0.29) is 18.4 Å². The van der Waals surface area contributed by atoms with E-state index in [4.69, 9.17) is 4.84 Å². The van der Waals surface area contributed by atoms with Crippen LogP contribution in [0.25, 0.3) is 0 Å². The number of nitrogens with zero attached hydrogens (tertiary/aromatic N) is 1. The Hall–Kier alpha value is -2.42. The van der Waals surface area contributed by atoms with E-state index in [1.54, 1.807) is 12.0 Å². The third-order valence-corrected chi connectivity index (χ3v) is 11.2. The second-order valence-corrected chi connectivity index (χ2v) is 12.7. The number of hydrogen-bond donors (Lipinski definition) is 2. The number of ketones is 2. The van der Waals surface area contributed by atoms with Gasteiger partial charge in [-0.05, 0) is 73.9 Å². The van der Waals surface area contributed by atoms with Crippen molar-refractivity contribution in [2.75, 3.05) is 18.2 Å². The standard InChI is InChI=1S/C30H35F2NO5/c1-17-6-5-7-19(10-17)33-15-18-13-27(3)23-12-22(31)21-11-20(35)8-9-26(21,2)29(23,32)24(36)14-28(27,4)30(18,38-33)25(37)16-34/h5-11,18,22-24,34,36H,12-16H2,1-4H3/t18-,22-,23-,24-,26-,27-,28-,29-,30-/m0/s1. The van der Waals surface area contributed by atoms with Crippen LogP contribution in [0.1, 0.15) is 45.6 Å². The number of carbonyl (C=O) groups is 2. The molecule has 0 radical (unpaired) electrons. The fourth-order valence-electron chi connectivity index (χ4n) is 9.26. The summed E-state index contributed by atoms with van der Waals surface area (Å²) in [6.45, 7) is 6.84. The molecular formula is C30H35F2NO5. The van der Waals surface area contributed by atoms with Crippen LogP contribution < -0.4 is 5.06 Å². The van der Waals surface area contributed by atoms with Gasteiger partial charge in [-0.1, -0.05) is 32.1 Å². The Morgan fingerprint density at radius 2 is 1.97 bits per heavy atom. The number of anilines is 1. The maximum Gasteiger partial charge on any atom is 0.193 e. The molecule has 1 saturated heterocycles. The Labute approximate surface area is 221 Å². The molecule has 4 fully saturated rings. The second-order valence-electron chi connectivity index (χ2n) is 12.7. The van der Waals surface area contributed by atoms with Crippen molar-refractivity contribution < 1.29 is 33.4 Å². The zero-order chi connectivity index (χ0) is 27.5. The molecule has 3 saturated carbocycles. The average Bonchev–Trinajstić information content (AvgIpc) is 3.33. The van der Waals surface area contributed by atoms with Gasteiger partial charge in [0.1, 0.15) is 12.8 Å². The molecule has 4 aliphatic carbocycles. The molecule has 1 heterocycles. The number of allylic oxidation sites excluding steroid dienone is 4. The lowest BCUT2D eigenvalue weighted by Crippen LogP contribution is -2.73. The van der Waals surface area contributed by atoms with Gasteiger partial charge in [0.15, 0.2) is 22.8 Å². The molecule has 1 aliphatic heterocycles. The van der Waals surface area contributed by atoms with E-state index in [0.717, 1.165) is 11.3 Å². The summed E-state index contributed by atoms with van der Waals surface area (Å²) in [6.07, 6.45) is 0.776. The fourth-order valence-corrected chi connectivity index (χ4v) is 9.26. The lowest BCUT2D eigenvalue weighted by Gasteiger charge is -2.67. The van der Waals surface area contributed by atoms with Crippen molar-refractivity contribution in [3.8, 4) is 0 Å². The van der Waals surface area contributed by atoms with E-state index in [2.05, 4.69) is 0 Å². The van der Waals surface area contributed by atoms with Gasteiger partial charge in [-0.3, -0.25) is 19.5 Å². The van der Waals surface area contributed by atoms with Crippen molar-refractivity contribution in [3.63, 3.8) is 0 Å².